The van der Waals surface area contributed by atoms with Crippen LogP contribution >= 0.6 is 12.4 Å². The van der Waals surface area contributed by atoms with Crippen LogP contribution < -0.4 is 15.8 Å². The third kappa shape index (κ3) is 4.34. The first-order valence-electron chi connectivity index (χ1n) is 6.75. The number of carbonyl (C=O) groups excluding carboxylic acids is 1. The summed E-state index contributed by atoms with van der Waals surface area (Å²) in [5.41, 5.74) is 6.48. The minimum absolute atomic E-state index is 0. The van der Waals surface area contributed by atoms with E-state index in [4.69, 9.17) is 15.2 Å². The molecule has 5 nitrogen and oxygen atoms in total. The van der Waals surface area contributed by atoms with Gasteiger partial charge in [-0.3, -0.25) is 4.79 Å². The van der Waals surface area contributed by atoms with Gasteiger partial charge in [0.15, 0.2) is 0 Å². The van der Waals surface area contributed by atoms with Crippen LogP contribution in [0.25, 0.3) is 10.8 Å². The third-order valence-electron chi connectivity index (χ3n) is 3.37. The predicted molar refractivity (Wildman–Crippen MR) is 89.4 cm³/mol. The van der Waals surface area contributed by atoms with Crippen molar-refractivity contribution < 1.29 is 14.3 Å². The summed E-state index contributed by atoms with van der Waals surface area (Å²) in [6.45, 7) is 0.612. The maximum absolute atomic E-state index is 11.8. The number of halogens is 1. The van der Waals surface area contributed by atoms with Gasteiger partial charge in [0.25, 0.3) is 5.91 Å². The third-order valence-corrected chi connectivity index (χ3v) is 3.37. The van der Waals surface area contributed by atoms with Gasteiger partial charge in [-0.15, -0.1) is 12.4 Å². The number of carbonyl (C=O) groups is 1. The maximum atomic E-state index is 11.8. The SMILES string of the molecule is COc1ccc2cc(CNC(=O)C(CN)OC)ccc2c1.Cl. The zero-order chi connectivity index (χ0) is 15.2. The number of hydrogen-bond donors (Lipinski definition) is 2. The van der Waals surface area contributed by atoms with Crippen molar-refractivity contribution in [1.82, 2.24) is 5.32 Å². The van der Waals surface area contributed by atoms with Gasteiger partial charge in [0.2, 0.25) is 0 Å². The number of benzene rings is 2. The Morgan fingerprint density at radius 1 is 1.18 bits per heavy atom. The lowest BCUT2D eigenvalue weighted by Crippen LogP contribution is -2.40. The van der Waals surface area contributed by atoms with Crippen LogP contribution in [0.4, 0.5) is 0 Å². The molecular formula is C16H21ClN2O3. The number of fused-ring (bicyclic) bond motifs is 1. The van der Waals surface area contributed by atoms with Gasteiger partial charge >= 0.3 is 0 Å². The molecule has 0 aliphatic rings. The number of ether oxygens (including phenoxy) is 2. The molecule has 2 rings (SSSR count). The van der Waals surface area contributed by atoms with Crippen LogP contribution in [0.15, 0.2) is 36.4 Å². The Bertz CT molecular complexity index is 630. The average molecular weight is 325 g/mol. The second-order valence-corrected chi connectivity index (χ2v) is 4.73. The van der Waals surface area contributed by atoms with Crippen LogP contribution in [0.5, 0.6) is 5.75 Å². The monoisotopic (exact) mass is 324 g/mol. The Morgan fingerprint density at radius 2 is 1.86 bits per heavy atom. The molecule has 2 aromatic carbocycles. The molecule has 0 heterocycles. The number of nitrogens with one attached hydrogen (secondary N) is 1. The van der Waals surface area contributed by atoms with E-state index in [1.165, 1.54) is 7.11 Å². The highest BCUT2D eigenvalue weighted by molar-refractivity contribution is 5.85. The van der Waals surface area contributed by atoms with E-state index in [0.717, 1.165) is 22.1 Å². The summed E-state index contributed by atoms with van der Waals surface area (Å²) in [7, 11) is 3.12. The Hall–Kier alpha value is -1.82. The van der Waals surface area contributed by atoms with Gasteiger partial charge in [0.05, 0.1) is 7.11 Å². The lowest BCUT2D eigenvalue weighted by atomic mass is 10.1. The van der Waals surface area contributed by atoms with E-state index in [-0.39, 0.29) is 24.9 Å². The lowest BCUT2D eigenvalue weighted by Gasteiger charge is -2.13. The van der Waals surface area contributed by atoms with Crippen LogP contribution in [0.2, 0.25) is 0 Å². The number of nitrogens with two attached hydrogens (primary N) is 1. The molecule has 1 unspecified atom stereocenters. The second-order valence-electron chi connectivity index (χ2n) is 4.73. The van der Waals surface area contributed by atoms with Gasteiger partial charge in [0.1, 0.15) is 11.9 Å². The molecule has 2 aromatic rings. The van der Waals surface area contributed by atoms with E-state index in [1.807, 2.05) is 36.4 Å². The molecule has 0 aromatic heterocycles. The molecule has 0 aliphatic carbocycles. The zero-order valence-corrected chi connectivity index (χ0v) is 13.5. The summed E-state index contributed by atoms with van der Waals surface area (Å²) in [6, 6.07) is 11.9. The molecule has 22 heavy (non-hydrogen) atoms. The van der Waals surface area contributed by atoms with Crippen molar-refractivity contribution in [2.45, 2.75) is 12.6 Å². The molecular weight excluding hydrogens is 304 g/mol. The van der Waals surface area contributed by atoms with Gasteiger partial charge in [-0.05, 0) is 34.5 Å². The molecule has 0 radical (unpaired) electrons. The van der Waals surface area contributed by atoms with Crippen molar-refractivity contribution >= 4 is 29.1 Å². The van der Waals surface area contributed by atoms with E-state index >= 15 is 0 Å². The fourth-order valence-corrected chi connectivity index (χ4v) is 2.12. The Balaban J connectivity index is 0.00000242. The summed E-state index contributed by atoms with van der Waals surface area (Å²) in [5, 5.41) is 5.02. The summed E-state index contributed by atoms with van der Waals surface area (Å²) in [5.74, 6) is 0.629. The van der Waals surface area contributed by atoms with Gasteiger partial charge in [-0.25, -0.2) is 0 Å². The highest BCUT2D eigenvalue weighted by atomic mass is 35.5. The van der Waals surface area contributed by atoms with Crippen LogP contribution in [0.3, 0.4) is 0 Å². The summed E-state index contributed by atoms with van der Waals surface area (Å²) in [6.07, 6.45) is -0.602. The first-order chi connectivity index (χ1) is 10.2. The number of hydrogen-bond acceptors (Lipinski definition) is 4. The van der Waals surface area contributed by atoms with Gasteiger partial charge in [-0.1, -0.05) is 18.2 Å². The summed E-state index contributed by atoms with van der Waals surface area (Å²) >= 11 is 0. The predicted octanol–water partition coefficient (Wildman–Crippen LogP) is 1.86. The van der Waals surface area contributed by atoms with Crippen molar-refractivity contribution in [1.29, 1.82) is 0 Å². The molecule has 0 aliphatic heterocycles. The quantitative estimate of drug-likeness (QED) is 0.850. The van der Waals surface area contributed by atoms with Gasteiger partial charge < -0.3 is 20.5 Å². The van der Waals surface area contributed by atoms with Crippen LogP contribution in [-0.2, 0) is 16.1 Å². The van der Waals surface area contributed by atoms with E-state index in [2.05, 4.69) is 5.32 Å². The minimum atomic E-state index is -0.602. The molecule has 6 heteroatoms. The molecule has 1 amide bonds. The largest absolute Gasteiger partial charge is 0.497 e. The molecule has 1 atom stereocenters. The molecule has 3 N–H and O–H groups in total. The van der Waals surface area contributed by atoms with Crippen LogP contribution in [0.1, 0.15) is 5.56 Å². The molecule has 0 saturated heterocycles. The molecule has 0 saturated carbocycles. The maximum Gasteiger partial charge on any atom is 0.250 e. The first kappa shape index (κ1) is 18.2. The van der Waals surface area contributed by atoms with E-state index in [9.17, 15) is 4.79 Å². The topological polar surface area (TPSA) is 73.6 Å². The van der Waals surface area contributed by atoms with Crippen LogP contribution in [0, 0.1) is 0 Å². The van der Waals surface area contributed by atoms with E-state index < -0.39 is 6.10 Å². The molecule has 0 fully saturated rings. The van der Waals surface area contributed by atoms with E-state index in [1.54, 1.807) is 7.11 Å². The Kier molecular flexibility index (Phi) is 7.11. The number of methoxy groups -OCH3 is 2. The molecule has 0 bridgehead atoms. The lowest BCUT2D eigenvalue weighted by molar-refractivity contribution is -0.130. The number of rotatable bonds is 6. The molecule has 120 valence electrons. The van der Waals surface area contributed by atoms with Crippen molar-refractivity contribution in [2.75, 3.05) is 20.8 Å². The fraction of sp³-hybridized carbons (Fsp3) is 0.312. The molecule has 0 spiro atoms. The normalized spacial score (nSPS) is 11.6. The second kappa shape index (κ2) is 8.58. The highest BCUT2D eigenvalue weighted by Crippen LogP contribution is 2.21. The summed E-state index contributed by atoms with van der Waals surface area (Å²) < 4.78 is 10.2. The average Bonchev–Trinajstić information content (AvgIpc) is 2.53. The Labute approximate surface area is 136 Å². The van der Waals surface area contributed by atoms with Crippen molar-refractivity contribution in [3.63, 3.8) is 0 Å². The van der Waals surface area contributed by atoms with Gasteiger partial charge in [0, 0.05) is 20.2 Å². The van der Waals surface area contributed by atoms with Crippen molar-refractivity contribution in [3.05, 3.63) is 42.0 Å². The zero-order valence-electron chi connectivity index (χ0n) is 12.7. The van der Waals surface area contributed by atoms with E-state index in [0.29, 0.717) is 6.54 Å². The standard InChI is InChI=1S/C16H20N2O3.ClH/c1-20-14-6-5-12-7-11(3-4-13(12)8-14)10-18-16(19)15(9-17)21-2;/h3-8,15H,9-10,17H2,1-2H3,(H,18,19);1H. The van der Waals surface area contributed by atoms with Crippen molar-refractivity contribution in [3.8, 4) is 5.75 Å². The highest BCUT2D eigenvalue weighted by Gasteiger charge is 2.14. The smallest absolute Gasteiger partial charge is 0.250 e. The fourth-order valence-electron chi connectivity index (χ4n) is 2.12. The van der Waals surface area contributed by atoms with Crippen LogP contribution in [-0.4, -0.2) is 32.8 Å². The minimum Gasteiger partial charge on any atom is -0.497 e. The van der Waals surface area contributed by atoms with Crippen molar-refractivity contribution in [2.24, 2.45) is 5.73 Å². The Morgan fingerprint density at radius 3 is 2.50 bits per heavy atom. The summed E-state index contributed by atoms with van der Waals surface area (Å²) in [4.78, 5) is 11.8. The number of amides is 1. The first-order valence-corrected chi connectivity index (χ1v) is 6.75. The van der Waals surface area contributed by atoms with Gasteiger partial charge in [-0.2, -0.15) is 0 Å².